The fraction of sp³-hybridized carbons (Fsp3) is 0.364. The Morgan fingerprint density at radius 1 is 1.27 bits per heavy atom. The topological polar surface area (TPSA) is 78.9 Å². The lowest BCUT2D eigenvalue weighted by Crippen LogP contribution is -2.39. The van der Waals surface area contributed by atoms with Gasteiger partial charge >= 0.3 is 0 Å². The third-order valence-corrected chi connectivity index (χ3v) is 6.02. The minimum absolute atomic E-state index is 0.00514. The van der Waals surface area contributed by atoms with Gasteiger partial charge in [0.2, 0.25) is 11.8 Å². The third kappa shape index (κ3) is 5.06. The summed E-state index contributed by atoms with van der Waals surface area (Å²) in [6, 6.07) is 10.8. The van der Waals surface area contributed by atoms with Crippen molar-refractivity contribution < 1.29 is 19.4 Å². The van der Waals surface area contributed by atoms with Crippen LogP contribution in [0.3, 0.4) is 0 Å². The molecule has 0 aliphatic carbocycles. The first-order valence-electron chi connectivity index (χ1n) is 9.67. The van der Waals surface area contributed by atoms with Gasteiger partial charge in [-0.25, -0.2) is 0 Å². The maximum atomic E-state index is 12.5. The van der Waals surface area contributed by atoms with E-state index in [-0.39, 0.29) is 36.4 Å². The Morgan fingerprint density at radius 3 is 2.77 bits per heavy atom. The van der Waals surface area contributed by atoms with E-state index in [1.54, 1.807) is 23.1 Å². The van der Waals surface area contributed by atoms with Crippen LogP contribution in [0.25, 0.3) is 0 Å². The van der Waals surface area contributed by atoms with Gasteiger partial charge in [-0.15, -0.1) is 0 Å². The highest BCUT2D eigenvalue weighted by molar-refractivity contribution is 6.42. The molecule has 0 spiro atoms. The molecule has 160 valence electrons. The molecule has 30 heavy (non-hydrogen) atoms. The number of ether oxygens (including phenoxy) is 1. The summed E-state index contributed by atoms with van der Waals surface area (Å²) in [5.74, 6) is -0.452. The molecule has 2 aromatic carbocycles. The van der Waals surface area contributed by atoms with Crippen molar-refractivity contribution in [1.82, 2.24) is 5.32 Å². The number of anilines is 1. The minimum atomic E-state index is -0.934. The van der Waals surface area contributed by atoms with Crippen LogP contribution in [0.4, 0.5) is 5.69 Å². The molecule has 0 radical (unpaired) electrons. The van der Waals surface area contributed by atoms with Crippen LogP contribution in [0.1, 0.15) is 17.5 Å². The number of halogens is 2. The molecule has 0 bridgehead atoms. The maximum absolute atomic E-state index is 12.5. The predicted octanol–water partition coefficient (Wildman–Crippen LogP) is 3.52. The number of nitrogens with zero attached hydrogens (tertiary/aromatic N) is 1. The Kier molecular flexibility index (Phi) is 7.23. The lowest BCUT2D eigenvalue weighted by Gasteiger charge is -2.20. The van der Waals surface area contributed by atoms with Gasteiger partial charge < -0.3 is 20.1 Å². The highest BCUT2D eigenvalue weighted by Crippen LogP contribution is 2.31. The summed E-state index contributed by atoms with van der Waals surface area (Å²) in [5, 5.41) is 13.4. The molecule has 6 nitrogen and oxygen atoms in total. The van der Waals surface area contributed by atoms with Gasteiger partial charge in [-0.2, -0.15) is 0 Å². The molecule has 3 rings (SSSR count). The number of amides is 2. The smallest absolute Gasteiger partial charge is 0.227 e. The molecule has 1 heterocycles. The van der Waals surface area contributed by atoms with E-state index in [4.69, 9.17) is 27.9 Å². The lowest BCUT2D eigenvalue weighted by molar-refractivity contribution is -0.126. The second kappa shape index (κ2) is 9.69. The number of hydrogen-bond acceptors (Lipinski definition) is 4. The zero-order valence-electron chi connectivity index (χ0n) is 16.8. The predicted molar refractivity (Wildman–Crippen MR) is 117 cm³/mol. The van der Waals surface area contributed by atoms with Crippen molar-refractivity contribution in [1.29, 1.82) is 0 Å². The van der Waals surface area contributed by atoms with E-state index in [0.29, 0.717) is 17.3 Å². The summed E-state index contributed by atoms with van der Waals surface area (Å²) >= 11 is 12.0. The summed E-state index contributed by atoms with van der Waals surface area (Å²) in [7, 11) is 0. The summed E-state index contributed by atoms with van der Waals surface area (Å²) in [6.07, 6.45) is -0.791. The van der Waals surface area contributed by atoms with Crippen LogP contribution >= 0.6 is 23.2 Å². The standard InChI is InChI=1S/C22H24Cl2N2O4/c1-13-5-3-7-18(14(13)2)26-11-15(9-20(26)28)22(29)25-10-16(27)12-30-19-8-4-6-17(23)21(19)24/h3-8,15-16,27H,9-12H2,1-2H3,(H,25,29). The molecule has 1 saturated heterocycles. The Bertz CT molecular complexity index is 951. The minimum Gasteiger partial charge on any atom is -0.489 e. The molecule has 1 fully saturated rings. The number of aliphatic hydroxyl groups excluding tert-OH is 1. The van der Waals surface area contributed by atoms with Gasteiger partial charge in [0.15, 0.2) is 0 Å². The SMILES string of the molecule is Cc1cccc(N2CC(C(=O)NCC(O)COc3cccc(Cl)c3Cl)CC2=O)c1C. The second-order valence-electron chi connectivity index (χ2n) is 7.39. The number of rotatable bonds is 7. The fourth-order valence-electron chi connectivity index (χ4n) is 3.35. The van der Waals surface area contributed by atoms with E-state index >= 15 is 0 Å². The zero-order valence-corrected chi connectivity index (χ0v) is 18.3. The van der Waals surface area contributed by atoms with E-state index in [1.165, 1.54) is 0 Å². The summed E-state index contributed by atoms with van der Waals surface area (Å²) in [6.45, 7) is 4.22. The van der Waals surface area contributed by atoms with Crippen LogP contribution in [0.15, 0.2) is 36.4 Å². The monoisotopic (exact) mass is 450 g/mol. The molecule has 0 aromatic heterocycles. The van der Waals surface area contributed by atoms with E-state index < -0.39 is 12.0 Å². The van der Waals surface area contributed by atoms with Gasteiger partial charge in [-0.3, -0.25) is 9.59 Å². The second-order valence-corrected chi connectivity index (χ2v) is 8.17. The first kappa shape index (κ1) is 22.4. The molecule has 2 N–H and O–H groups in total. The number of carbonyl (C=O) groups excluding carboxylic acids is 2. The number of aliphatic hydroxyl groups is 1. The fourth-order valence-corrected chi connectivity index (χ4v) is 3.69. The van der Waals surface area contributed by atoms with Gasteiger partial charge in [-0.1, -0.05) is 41.4 Å². The Labute approximate surface area is 185 Å². The van der Waals surface area contributed by atoms with Gasteiger partial charge in [0.1, 0.15) is 23.5 Å². The normalized spacial score (nSPS) is 17.2. The van der Waals surface area contributed by atoms with Gasteiger partial charge in [0.25, 0.3) is 0 Å². The van der Waals surface area contributed by atoms with Crippen LogP contribution in [-0.2, 0) is 9.59 Å². The molecular weight excluding hydrogens is 427 g/mol. The number of benzene rings is 2. The van der Waals surface area contributed by atoms with Crippen LogP contribution in [0.5, 0.6) is 5.75 Å². The van der Waals surface area contributed by atoms with Crippen molar-refractivity contribution in [2.45, 2.75) is 26.4 Å². The average Bonchev–Trinajstić information content (AvgIpc) is 3.11. The van der Waals surface area contributed by atoms with Crippen molar-refractivity contribution in [2.75, 3.05) is 24.6 Å². The van der Waals surface area contributed by atoms with Crippen LogP contribution in [0, 0.1) is 19.8 Å². The molecular formula is C22H24Cl2N2O4. The van der Waals surface area contributed by atoms with Crippen molar-refractivity contribution >= 4 is 40.7 Å². The van der Waals surface area contributed by atoms with Crippen LogP contribution in [0.2, 0.25) is 10.0 Å². The van der Waals surface area contributed by atoms with Gasteiger partial charge in [0.05, 0.1) is 10.9 Å². The molecule has 2 atom stereocenters. The molecule has 2 aromatic rings. The molecule has 0 saturated carbocycles. The van der Waals surface area contributed by atoms with E-state index in [2.05, 4.69) is 5.32 Å². The number of carbonyl (C=O) groups is 2. The Hall–Kier alpha value is -2.28. The van der Waals surface area contributed by atoms with Crippen LogP contribution in [-0.4, -0.2) is 42.7 Å². The molecule has 8 heteroatoms. The van der Waals surface area contributed by atoms with Crippen molar-refractivity contribution in [2.24, 2.45) is 5.92 Å². The summed E-state index contributed by atoms with van der Waals surface area (Å²) in [5.41, 5.74) is 2.96. The highest BCUT2D eigenvalue weighted by atomic mass is 35.5. The lowest BCUT2D eigenvalue weighted by atomic mass is 10.1. The van der Waals surface area contributed by atoms with Crippen molar-refractivity contribution in [3.63, 3.8) is 0 Å². The van der Waals surface area contributed by atoms with Crippen molar-refractivity contribution in [3.8, 4) is 5.75 Å². The zero-order chi connectivity index (χ0) is 21.8. The molecule has 1 aliphatic rings. The molecule has 1 aliphatic heterocycles. The van der Waals surface area contributed by atoms with Crippen molar-refractivity contribution in [3.05, 3.63) is 57.6 Å². The first-order chi connectivity index (χ1) is 14.3. The Balaban J connectivity index is 1.51. The van der Waals surface area contributed by atoms with E-state index in [0.717, 1.165) is 16.8 Å². The van der Waals surface area contributed by atoms with E-state index in [1.807, 2.05) is 32.0 Å². The highest BCUT2D eigenvalue weighted by Gasteiger charge is 2.35. The molecule has 2 unspecified atom stereocenters. The number of nitrogens with one attached hydrogen (secondary N) is 1. The van der Waals surface area contributed by atoms with Crippen LogP contribution < -0.4 is 15.0 Å². The maximum Gasteiger partial charge on any atom is 0.227 e. The third-order valence-electron chi connectivity index (χ3n) is 5.22. The van der Waals surface area contributed by atoms with Gasteiger partial charge in [0, 0.05) is 25.2 Å². The largest absolute Gasteiger partial charge is 0.489 e. The average molecular weight is 451 g/mol. The number of aryl methyl sites for hydroxylation is 1. The van der Waals surface area contributed by atoms with E-state index in [9.17, 15) is 14.7 Å². The molecule has 2 amide bonds. The Morgan fingerprint density at radius 2 is 2.00 bits per heavy atom. The summed E-state index contributed by atoms with van der Waals surface area (Å²) < 4.78 is 5.47. The quantitative estimate of drug-likeness (QED) is 0.676. The first-order valence-corrected chi connectivity index (χ1v) is 10.4. The van der Waals surface area contributed by atoms with Gasteiger partial charge in [-0.05, 0) is 43.2 Å². The summed E-state index contributed by atoms with van der Waals surface area (Å²) in [4.78, 5) is 26.6. The number of hydrogen-bond donors (Lipinski definition) is 2.